The number of hydrogen-bond donors (Lipinski definition) is 1. The summed E-state index contributed by atoms with van der Waals surface area (Å²) in [5.41, 5.74) is 6.62. The molecule has 2 rings (SSSR count). The van der Waals surface area contributed by atoms with Crippen LogP contribution < -0.4 is 5.73 Å². The number of thioether (sulfide) groups is 1. The molecular formula is C16H24F2N2S. The van der Waals surface area contributed by atoms with Crippen LogP contribution in [-0.4, -0.2) is 35.0 Å². The Kier molecular flexibility index (Phi) is 5.63. The molecule has 2 nitrogen and oxygen atoms in total. The Morgan fingerprint density at radius 2 is 1.90 bits per heavy atom. The first-order chi connectivity index (χ1) is 9.85. The minimum atomic E-state index is -0.562. The highest BCUT2D eigenvalue weighted by Gasteiger charge is 2.23. The molecule has 5 heteroatoms. The van der Waals surface area contributed by atoms with E-state index in [0.717, 1.165) is 37.9 Å². The summed E-state index contributed by atoms with van der Waals surface area (Å²) in [4.78, 5) is 2.40. The van der Waals surface area contributed by atoms with Gasteiger partial charge in [-0.3, -0.25) is 0 Å². The van der Waals surface area contributed by atoms with E-state index in [9.17, 15) is 8.78 Å². The van der Waals surface area contributed by atoms with Crippen LogP contribution in [0.2, 0.25) is 0 Å². The molecule has 118 valence electrons. The summed E-state index contributed by atoms with van der Waals surface area (Å²) in [5, 5.41) is 0. The van der Waals surface area contributed by atoms with Crippen molar-refractivity contribution in [2.75, 3.05) is 25.4 Å². The van der Waals surface area contributed by atoms with Crippen molar-refractivity contribution in [3.8, 4) is 0 Å². The van der Waals surface area contributed by atoms with Gasteiger partial charge in [0.05, 0.1) is 0 Å². The lowest BCUT2D eigenvalue weighted by atomic mass is 10.0. The van der Waals surface area contributed by atoms with E-state index in [0.29, 0.717) is 16.7 Å². The number of rotatable bonds is 4. The Morgan fingerprint density at radius 3 is 2.57 bits per heavy atom. The first kappa shape index (κ1) is 16.7. The van der Waals surface area contributed by atoms with Gasteiger partial charge in [0.15, 0.2) is 0 Å². The molecule has 1 saturated heterocycles. The standard InChI is InChI=1S/C16H24F2N2S/c1-16(2)4-6-20(7-8-21-16)5-3-15(19)12-9-13(17)11-14(18)10-12/h9-11,15H,3-8,19H2,1-2H3. The summed E-state index contributed by atoms with van der Waals surface area (Å²) in [7, 11) is 0. The van der Waals surface area contributed by atoms with Crippen LogP contribution in [-0.2, 0) is 0 Å². The number of nitrogens with two attached hydrogens (primary N) is 1. The van der Waals surface area contributed by atoms with Crippen molar-refractivity contribution in [1.29, 1.82) is 0 Å². The van der Waals surface area contributed by atoms with Gasteiger partial charge in [-0.15, -0.1) is 0 Å². The van der Waals surface area contributed by atoms with Crippen LogP contribution in [0.15, 0.2) is 18.2 Å². The normalized spacial score (nSPS) is 21.0. The summed E-state index contributed by atoms with van der Waals surface area (Å²) in [6, 6.07) is 3.22. The zero-order chi connectivity index (χ0) is 15.5. The number of benzene rings is 1. The van der Waals surface area contributed by atoms with Gasteiger partial charge in [0.1, 0.15) is 11.6 Å². The highest BCUT2D eigenvalue weighted by atomic mass is 32.2. The summed E-state index contributed by atoms with van der Waals surface area (Å²) in [6.45, 7) is 7.54. The van der Waals surface area contributed by atoms with Gasteiger partial charge < -0.3 is 10.6 Å². The second-order valence-electron chi connectivity index (χ2n) is 6.30. The van der Waals surface area contributed by atoms with Gasteiger partial charge in [-0.2, -0.15) is 11.8 Å². The van der Waals surface area contributed by atoms with Crippen LogP contribution in [0.25, 0.3) is 0 Å². The molecule has 1 atom stereocenters. The fraction of sp³-hybridized carbons (Fsp3) is 0.625. The predicted molar refractivity (Wildman–Crippen MR) is 85.5 cm³/mol. The Labute approximate surface area is 130 Å². The molecule has 1 aliphatic heterocycles. The Morgan fingerprint density at radius 1 is 1.24 bits per heavy atom. The molecule has 0 bridgehead atoms. The summed E-state index contributed by atoms with van der Waals surface area (Å²) >= 11 is 2.01. The van der Waals surface area contributed by atoms with Gasteiger partial charge in [0.2, 0.25) is 0 Å². The number of nitrogens with zero attached hydrogens (tertiary/aromatic N) is 1. The first-order valence-electron chi connectivity index (χ1n) is 7.44. The SMILES string of the molecule is CC1(C)CCN(CCC(N)c2cc(F)cc(F)c2)CCS1. The molecule has 0 aliphatic carbocycles. The lowest BCUT2D eigenvalue weighted by Crippen LogP contribution is -2.30. The van der Waals surface area contributed by atoms with Crippen LogP contribution in [0.1, 0.15) is 38.3 Å². The third kappa shape index (κ3) is 5.24. The first-order valence-corrected chi connectivity index (χ1v) is 8.42. The van der Waals surface area contributed by atoms with Crippen molar-refractivity contribution in [2.24, 2.45) is 5.73 Å². The van der Waals surface area contributed by atoms with Crippen molar-refractivity contribution in [3.63, 3.8) is 0 Å². The van der Waals surface area contributed by atoms with Crippen molar-refractivity contribution in [3.05, 3.63) is 35.4 Å². The molecule has 1 aromatic carbocycles. The zero-order valence-corrected chi connectivity index (χ0v) is 13.6. The molecule has 1 aromatic rings. The molecule has 1 heterocycles. The van der Waals surface area contributed by atoms with Crippen LogP contribution in [0.5, 0.6) is 0 Å². The van der Waals surface area contributed by atoms with E-state index < -0.39 is 11.6 Å². The van der Waals surface area contributed by atoms with Gasteiger partial charge in [-0.25, -0.2) is 8.78 Å². The number of hydrogen-bond acceptors (Lipinski definition) is 3. The maximum atomic E-state index is 13.2. The second kappa shape index (κ2) is 7.07. The molecule has 0 aromatic heterocycles. The Bertz CT molecular complexity index is 459. The smallest absolute Gasteiger partial charge is 0.126 e. The van der Waals surface area contributed by atoms with E-state index in [4.69, 9.17) is 5.73 Å². The maximum absolute atomic E-state index is 13.2. The molecule has 0 saturated carbocycles. The van der Waals surface area contributed by atoms with Gasteiger partial charge in [0, 0.05) is 29.2 Å². The third-order valence-corrected chi connectivity index (χ3v) is 5.37. The molecule has 2 N–H and O–H groups in total. The minimum Gasteiger partial charge on any atom is -0.324 e. The fourth-order valence-corrected chi connectivity index (χ4v) is 3.70. The minimum absolute atomic E-state index is 0.320. The second-order valence-corrected chi connectivity index (χ2v) is 8.10. The lowest BCUT2D eigenvalue weighted by molar-refractivity contribution is 0.273. The summed E-state index contributed by atoms with van der Waals surface area (Å²) in [5.74, 6) is -0.00153. The summed E-state index contributed by atoms with van der Waals surface area (Å²) in [6.07, 6.45) is 1.87. The van der Waals surface area contributed by atoms with Crippen molar-refractivity contribution in [1.82, 2.24) is 4.90 Å². The largest absolute Gasteiger partial charge is 0.324 e. The van der Waals surface area contributed by atoms with Crippen molar-refractivity contribution < 1.29 is 8.78 Å². The van der Waals surface area contributed by atoms with E-state index in [1.807, 2.05) is 11.8 Å². The molecule has 0 radical (unpaired) electrons. The average Bonchev–Trinajstić information content (AvgIpc) is 2.56. The van der Waals surface area contributed by atoms with E-state index >= 15 is 0 Å². The van der Waals surface area contributed by atoms with Crippen LogP contribution in [0.4, 0.5) is 8.78 Å². The van der Waals surface area contributed by atoms with E-state index in [1.54, 1.807) is 0 Å². The fourth-order valence-electron chi connectivity index (χ4n) is 2.56. The molecule has 21 heavy (non-hydrogen) atoms. The summed E-state index contributed by atoms with van der Waals surface area (Å²) < 4.78 is 26.8. The van der Waals surface area contributed by atoms with Gasteiger partial charge >= 0.3 is 0 Å². The molecule has 1 aliphatic rings. The maximum Gasteiger partial charge on any atom is 0.126 e. The lowest BCUT2D eigenvalue weighted by Gasteiger charge is -2.23. The molecule has 0 amide bonds. The molecule has 0 spiro atoms. The topological polar surface area (TPSA) is 29.3 Å². The Balaban J connectivity index is 1.87. The van der Waals surface area contributed by atoms with Crippen LogP contribution in [0.3, 0.4) is 0 Å². The number of halogens is 2. The third-order valence-electron chi connectivity index (χ3n) is 4.00. The quantitative estimate of drug-likeness (QED) is 0.921. The zero-order valence-electron chi connectivity index (χ0n) is 12.7. The molecule has 1 unspecified atom stereocenters. The molecule has 1 fully saturated rings. The monoisotopic (exact) mass is 314 g/mol. The van der Waals surface area contributed by atoms with Crippen LogP contribution >= 0.6 is 11.8 Å². The van der Waals surface area contributed by atoms with Crippen molar-refractivity contribution in [2.45, 2.75) is 37.5 Å². The van der Waals surface area contributed by atoms with Crippen molar-refractivity contribution >= 4 is 11.8 Å². The van der Waals surface area contributed by atoms with Gasteiger partial charge in [-0.05, 0) is 43.6 Å². The highest BCUT2D eigenvalue weighted by Crippen LogP contribution is 2.30. The predicted octanol–water partition coefficient (Wildman–Crippen LogP) is 3.57. The van der Waals surface area contributed by atoms with Crippen LogP contribution in [0, 0.1) is 11.6 Å². The van der Waals surface area contributed by atoms with E-state index in [-0.39, 0.29) is 6.04 Å². The van der Waals surface area contributed by atoms with E-state index in [1.165, 1.54) is 12.1 Å². The highest BCUT2D eigenvalue weighted by molar-refractivity contribution is 8.00. The average molecular weight is 314 g/mol. The van der Waals surface area contributed by atoms with Gasteiger partial charge in [-0.1, -0.05) is 13.8 Å². The molecular weight excluding hydrogens is 290 g/mol. The van der Waals surface area contributed by atoms with E-state index in [2.05, 4.69) is 18.7 Å². The Hall–Kier alpha value is -0.650. The van der Waals surface area contributed by atoms with Gasteiger partial charge in [0.25, 0.3) is 0 Å².